The highest BCUT2D eigenvalue weighted by Crippen LogP contribution is 2.07. The van der Waals surface area contributed by atoms with Crippen molar-refractivity contribution in [3.05, 3.63) is 0 Å². The second-order valence-corrected chi connectivity index (χ2v) is 6.54. The third-order valence-electron chi connectivity index (χ3n) is 3.78. The Kier molecular flexibility index (Phi) is 10.6. The zero-order chi connectivity index (χ0) is 19.6. The Morgan fingerprint density at radius 3 is 1.84 bits per heavy atom. The molecule has 0 aliphatic heterocycles. The van der Waals surface area contributed by atoms with Crippen molar-refractivity contribution in [3.8, 4) is 0 Å². The molecular weight excluding hydrogens is 328 g/mol. The first-order valence-corrected chi connectivity index (χ1v) is 8.66. The number of hydrogen-bond donors (Lipinski definition) is 2. The van der Waals surface area contributed by atoms with E-state index in [1.165, 1.54) is 0 Å². The minimum Gasteiger partial charge on any atom is -0.461 e. The number of ether oxygens (including phenoxy) is 3. The van der Waals surface area contributed by atoms with Gasteiger partial charge in [0.05, 0.1) is 13.2 Å². The van der Waals surface area contributed by atoms with Crippen LogP contribution in [-0.4, -0.2) is 49.6 Å². The van der Waals surface area contributed by atoms with Gasteiger partial charge in [0.15, 0.2) is 0 Å². The van der Waals surface area contributed by atoms with Gasteiger partial charge in [0.25, 0.3) is 0 Å². The fourth-order valence-corrected chi connectivity index (χ4v) is 1.44. The molecule has 2 N–H and O–H groups in total. The number of amides is 2. The van der Waals surface area contributed by atoms with Crippen LogP contribution in [0.15, 0.2) is 0 Å². The summed E-state index contributed by atoms with van der Waals surface area (Å²) in [7, 11) is 0. The molecule has 0 heterocycles. The van der Waals surface area contributed by atoms with Crippen LogP contribution < -0.4 is 10.6 Å². The van der Waals surface area contributed by atoms with E-state index in [0.717, 1.165) is 0 Å². The molecule has 0 spiro atoms. The van der Waals surface area contributed by atoms with E-state index < -0.39 is 24.2 Å². The molecule has 0 bridgehead atoms. The van der Waals surface area contributed by atoms with Crippen LogP contribution in [0.5, 0.6) is 0 Å². The smallest absolute Gasteiger partial charge is 0.407 e. The van der Waals surface area contributed by atoms with Gasteiger partial charge in [-0.05, 0) is 32.6 Å². The SMILES string of the molecule is CCOC(=O)NC(CNC(=O)O[C@@H](C)C(C)C)C(=O)O[C@@H](C)C(C)C. The number of hydrogen-bond acceptors (Lipinski definition) is 6. The average molecular weight is 360 g/mol. The van der Waals surface area contributed by atoms with Crippen molar-refractivity contribution in [2.75, 3.05) is 13.2 Å². The second-order valence-electron chi connectivity index (χ2n) is 6.54. The standard InChI is InChI=1S/C17H32N2O6/c1-8-23-17(22)19-14(15(20)24-12(6)10(2)3)9-18-16(21)25-13(7)11(4)5/h10-14H,8-9H2,1-7H3,(H,18,21)(H,19,22)/t12-,13-,14?/m0/s1. The molecule has 8 nitrogen and oxygen atoms in total. The molecular formula is C17H32N2O6. The van der Waals surface area contributed by atoms with E-state index in [-0.39, 0.29) is 37.2 Å². The van der Waals surface area contributed by atoms with Gasteiger partial charge < -0.3 is 24.8 Å². The molecule has 0 aliphatic rings. The molecule has 0 aromatic heterocycles. The number of alkyl carbamates (subject to hydrolysis) is 2. The van der Waals surface area contributed by atoms with Crippen LogP contribution in [0.3, 0.4) is 0 Å². The van der Waals surface area contributed by atoms with E-state index in [1.54, 1.807) is 20.8 Å². The molecule has 8 heteroatoms. The summed E-state index contributed by atoms with van der Waals surface area (Å²) in [4.78, 5) is 35.7. The molecule has 0 fully saturated rings. The summed E-state index contributed by atoms with van der Waals surface area (Å²) >= 11 is 0. The van der Waals surface area contributed by atoms with Crippen LogP contribution >= 0.6 is 0 Å². The Hall–Kier alpha value is -1.99. The van der Waals surface area contributed by atoms with E-state index in [1.807, 2.05) is 27.7 Å². The normalized spacial score (nSPS) is 14.4. The number of nitrogens with one attached hydrogen (secondary N) is 2. The predicted molar refractivity (Wildman–Crippen MR) is 93.1 cm³/mol. The maximum atomic E-state index is 12.3. The zero-order valence-electron chi connectivity index (χ0n) is 16.3. The van der Waals surface area contributed by atoms with Crippen LogP contribution in [0.25, 0.3) is 0 Å². The third-order valence-corrected chi connectivity index (χ3v) is 3.78. The minimum atomic E-state index is -1.07. The molecule has 1 unspecified atom stereocenters. The summed E-state index contributed by atoms with van der Waals surface area (Å²) in [5.41, 5.74) is 0. The maximum Gasteiger partial charge on any atom is 0.407 e. The highest BCUT2D eigenvalue weighted by atomic mass is 16.6. The molecule has 0 aromatic carbocycles. The molecule has 0 aliphatic carbocycles. The lowest BCUT2D eigenvalue weighted by atomic mass is 10.1. The first-order valence-electron chi connectivity index (χ1n) is 8.66. The van der Waals surface area contributed by atoms with Gasteiger partial charge in [-0.1, -0.05) is 27.7 Å². The molecule has 0 rings (SSSR count). The van der Waals surface area contributed by atoms with Gasteiger partial charge in [-0.3, -0.25) is 0 Å². The Labute approximate surface area is 150 Å². The van der Waals surface area contributed by atoms with Gasteiger partial charge in [0.1, 0.15) is 18.2 Å². The van der Waals surface area contributed by atoms with Crippen LogP contribution in [0, 0.1) is 11.8 Å². The van der Waals surface area contributed by atoms with Crippen molar-refractivity contribution in [1.29, 1.82) is 0 Å². The van der Waals surface area contributed by atoms with Gasteiger partial charge in [-0.15, -0.1) is 0 Å². The van der Waals surface area contributed by atoms with Crippen LogP contribution in [0.4, 0.5) is 9.59 Å². The Morgan fingerprint density at radius 1 is 0.840 bits per heavy atom. The Bertz CT molecular complexity index is 439. The van der Waals surface area contributed by atoms with E-state index in [4.69, 9.17) is 14.2 Å². The van der Waals surface area contributed by atoms with E-state index in [2.05, 4.69) is 10.6 Å². The second kappa shape index (κ2) is 11.5. The number of rotatable bonds is 9. The topological polar surface area (TPSA) is 103 Å². The van der Waals surface area contributed by atoms with Gasteiger partial charge in [-0.25, -0.2) is 14.4 Å². The molecule has 25 heavy (non-hydrogen) atoms. The van der Waals surface area contributed by atoms with Crippen molar-refractivity contribution in [2.45, 2.75) is 66.7 Å². The summed E-state index contributed by atoms with van der Waals surface area (Å²) in [6, 6.07) is -1.07. The number of carbonyl (C=O) groups excluding carboxylic acids is 3. The summed E-state index contributed by atoms with van der Waals surface area (Å²) in [5, 5.41) is 4.85. The fraction of sp³-hybridized carbons (Fsp3) is 0.824. The molecule has 0 saturated heterocycles. The van der Waals surface area contributed by atoms with Crippen molar-refractivity contribution in [2.24, 2.45) is 11.8 Å². The van der Waals surface area contributed by atoms with E-state index in [0.29, 0.717) is 0 Å². The molecule has 0 radical (unpaired) electrons. The van der Waals surface area contributed by atoms with Crippen molar-refractivity contribution in [1.82, 2.24) is 10.6 Å². The first kappa shape index (κ1) is 23.0. The van der Waals surface area contributed by atoms with E-state index in [9.17, 15) is 14.4 Å². The maximum absolute atomic E-state index is 12.3. The molecule has 0 saturated carbocycles. The monoisotopic (exact) mass is 360 g/mol. The number of esters is 1. The van der Waals surface area contributed by atoms with Gasteiger partial charge in [-0.2, -0.15) is 0 Å². The summed E-state index contributed by atoms with van der Waals surface area (Å²) in [6.45, 7) is 12.9. The highest BCUT2D eigenvalue weighted by Gasteiger charge is 2.26. The lowest BCUT2D eigenvalue weighted by molar-refractivity contribution is -0.152. The lowest BCUT2D eigenvalue weighted by Gasteiger charge is -2.23. The van der Waals surface area contributed by atoms with Gasteiger partial charge >= 0.3 is 18.2 Å². The zero-order valence-corrected chi connectivity index (χ0v) is 16.3. The quantitative estimate of drug-likeness (QED) is 0.484. The van der Waals surface area contributed by atoms with Gasteiger partial charge in [0.2, 0.25) is 0 Å². The van der Waals surface area contributed by atoms with Crippen LogP contribution in [0.2, 0.25) is 0 Å². The predicted octanol–water partition coefficient (Wildman–Crippen LogP) is 2.46. The van der Waals surface area contributed by atoms with Crippen molar-refractivity contribution < 1.29 is 28.6 Å². The van der Waals surface area contributed by atoms with Crippen LogP contribution in [-0.2, 0) is 19.0 Å². The van der Waals surface area contributed by atoms with E-state index >= 15 is 0 Å². The first-order chi connectivity index (χ1) is 11.6. The number of carbonyl (C=O) groups is 3. The van der Waals surface area contributed by atoms with Gasteiger partial charge in [0, 0.05) is 0 Å². The Balaban J connectivity index is 4.75. The summed E-state index contributed by atoms with van der Waals surface area (Å²) in [6.07, 6.45) is -2.02. The Morgan fingerprint density at radius 2 is 1.36 bits per heavy atom. The molecule has 2 amide bonds. The van der Waals surface area contributed by atoms with Crippen molar-refractivity contribution >= 4 is 18.2 Å². The fourth-order valence-electron chi connectivity index (χ4n) is 1.44. The molecule has 0 aromatic rings. The van der Waals surface area contributed by atoms with Crippen molar-refractivity contribution in [3.63, 3.8) is 0 Å². The minimum absolute atomic E-state index is 0.122. The highest BCUT2D eigenvalue weighted by molar-refractivity contribution is 5.82. The lowest BCUT2D eigenvalue weighted by Crippen LogP contribution is -2.50. The summed E-state index contributed by atoms with van der Waals surface area (Å²) < 4.78 is 15.2. The third kappa shape index (κ3) is 9.79. The molecule has 3 atom stereocenters. The summed E-state index contributed by atoms with van der Waals surface area (Å²) in [5.74, 6) is -0.362. The average Bonchev–Trinajstić information content (AvgIpc) is 2.50. The largest absolute Gasteiger partial charge is 0.461 e. The van der Waals surface area contributed by atoms with Crippen LogP contribution in [0.1, 0.15) is 48.5 Å². The molecule has 146 valence electrons.